The maximum Gasteiger partial charge on any atom is 0.327 e. The number of benzene rings is 1. The Kier molecular flexibility index (Phi) is 4.08. The van der Waals surface area contributed by atoms with Crippen LogP contribution < -0.4 is 0 Å². The molecule has 0 aliphatic carbocycles. The van der Waals surface area contributed by atoms with Crippen LogP contribution >= 0.6 is 15.9 Å². The van der Waals surface area contributed by atoms with Gasteiger partial charge in [-0.25, -0.2) is 4.79 Å². The first kappa shape index (κ1) is 15.2. The molecule has 0 bridgehead atoms. The van der Waals surface area contributed by atoms with Crippen LogP contribution in [0.25, 0.3) is 0 Å². The van der Waals surface area contributed by atoms with Crippen molar-refractivity contribution < 1.29 is 29.4 Å². The molecule has 2 rings (SSSR count). The second-order valence-electron chi connectivity index (χ2n) is 4.42. The normalized spacial score (nSPS) is 16.5. The number of alkyl halides is 1. The van der Waals surface area contributed by atoms with E-state index in [1.165, 1.54) is 12.1 Å². The molecule has 1 aromatic carbocycles. The van der Waals surface area contributed by atoms with E-state index in [4.69, 9.17) is 5.11 Å². The molecule has 1 aliphatic rings. The first-order valence-corrected chi connectivity index (χ1v) is 6.82. The van der Waals surface area contributed by atoms with E-state index in [1.54, 1.807) is 12.1 Å². The Morgan fingerprint density at radius 2 is 1.52 bits per heavy atom. The fraction of sp³-hybridized carbons (Fsp3) is 0.231. The van der Waals surface area contributed by atoms with E-state index in [2.05, 4.69) is 15.9 Å². The molecule has 2 atom stereocenters. The molecule has 8 heteroatoms. The molecular weight excluding hydrogens is 346 g/mol. The van der Waals surface area contributed by atoms with Gasteiger partial charge in [-0.3, -0.25) is 19.3 Å². The number of carbonyl (C=O) groups is 4. The Hall–Kier alpha value is -2.22. The van der Waals surface area contributed by atoms with E-state index in [1.807, 2.05) is 0 Å². The minimum Gasteiger partial charge on any atom is -0.480 e. The summed E-state index contributed by atoms with van der Waals surface area (Å²) in [5, 5.41) is 18.1. The van der Waals surface area contributed by atoms with Crippen molar-refractivity contribution in [3.63, 3.8) is 0 Å². The van der Waals surface area contributed by atoms with Gasteiger partial charge in [0.15, 0.2) is 0 Å². The van der Waals surface area contributed by atoms with Crippen LogP contribution in [-0.4, -0.2) is 49.7 Å². The summed E-state index contributed by atoms with van der Waals surface area (Å²) >= 11 is 2.82. The van der Waals surface area contributed by atoms with E-state index in [-0.39, 0.29) is 11.1 Å². The minimum absolute atomic E-state index is 0.121. The number of carboxylic acid groups (broad SMARTS) is 2. The number of rotatable bonds is 5. The van der Waals surface area contributed by atoms with Gasteiger partial charge in [0, 0.05) is 6.42 Å². The number of fused-ring (bicyclic) bond motifs is 1. The summed E-state index contributed by atoms with van der Waals surface area (Å²) in [7, 11) is 0. The fourth-order valence-corrected chi connectivity index (χ4v) is 2.46. The van der Waals surface area contributed by atoms with Gasteiger partial charge in [0.05, 0.1) is 11.1 Å². The minimum atomic E-state index is -1.54. The van der Waals surface area contributed by atoms with E-state index in [0.29, 0.717) is 4.90 Å². The lowest BCUT2D eigenvalue weighted by atomic mass is 10.1. The molecule has 0 radical (unpaired) electrons. The lowest BCUT2D eigenvalue weighted by Crippen LogP contribution is -2.46. The van der Waals surface area contributed by atoms with Gasteiger partial charge < -0.3 is 10.2 Å². The van der Waals surface area contributed by atoms with Crippen molar-refractivity contribution in [1.82, 2.24) is 4.90 Å². The summed E-state index contributed by atoms with van der Waals surface area (Å²) < 4.78 is 0. The zero-order valence-electron chi connectivity index (χ0n) is 10.5. The van der Waals surface area contributed by atoms with Crippen LogP contribution in [0.15, 0.2) is 24.3 Å². The summed E-state index contributed by atoms with van der Waals surface area (Å²) in [6.45, 7) is 0. The lowest BCUT2D eigenvalue weighted by Gasteiger charge is -2.23. The molecule has 0 saturated heterocycles. The van der Waals surface area contributed by atoms with E-state index >= 15 is 0 Å². The van der Waals surface area contributed by atoms with Gasteiger partial charge in [0.1, 0.15) is 10.9 Å². The molecule has 2 amide bonds. The second-order valence-corrected chi connectivity index (χ2v) is 5.53. The predicted molar refractivity (Wildman–Crippen MR) is 73.3 cm³/mol. The molecule has 110 valence electrons. The molecule has 7 nitrogen and oxygen atoms in total. The first-order valence-electron chi connectivity index (χ1n) is 5.91. The van der Waals surface area contributed by atoms with Gasteiger partial charge in [-0.1, -0.05) is 28.1 Å². The van der Waals surface area contributed by atoms with Crippen molar-refractivity contribution in [2.45, 2.75) is 17.3 Å². The zero-order chi connectivity index (χ0) is 15.7. The standard InChI is InChI=1S/C13H10BrNO6/c14-8(12(18)19)5-9(13(20)21)15-10(16)6-3-1-2-4-7(6)11(15)17/h1-4,8-9H,5H2,(H,18,19)(H,20,21)/t8?,9-/m0/s1. The molecule has 0 spiro atoms. The number of carboxylic acids is 2. The molecule has 1 unspecified atom stereocenters. The molecule has 0 aromatic heterocycles. The summed E-state index contributed by atoms with van der Waals surface area (Å²) in [5.74, 6) is -4.16. The van der Waals surface area contributed by atoms with E-state index in [0.717, 1.165) is 0 Å². The Morgan fingerprint density at radius 3 is 1.90 bits per heavy atom. The van der Waals surface area contributed by atoms with Crippen LogP contribution in [0.2, 0.25) is 0 Å². The van der Waals surface area contributed by atoms with Gasteiger partial charge >= 0.3 is 11.9 Å². The number of hydrogen-bond acceptors (Lipinski definition) is 4. The Balaban J connectivity index is 2.35. The Labute approximate surface area is 127 Å². The van der Waals surface area contributed by atoms with Crippen molar-refractivity contribution in [2.75, 3.05) is 0 Å². The molecule has 2 N–H and O–H groups in total. The highest BCUT2D eigenvalue weighted by atomic mass is 79.9. The highest BCUT2D eigenvalue weighted by Gasteiger charge is 2.43. The van der Waals surface area contributed by atoms with Crippen LogP contribution in [0.3, 0.4) is 0 Å². The number of aliphatic carboxylic acids is 2. The van der Waals surface area contributed by atoms with E-state index < -0.39 is 41.0 Å². The maximum atomic E-state index is 12.2. The number of amides is 2. The molecule has 21 heavy (non-hydrogen) atoms. The highest BCUT2D eigenvalue weighted by Crippen LogP contribution is 2.27. The fourth-order valence-electron chi connectivity index (χ4n) is 2.10. The third-order valence-corrected chi connectivity index (χ3v) is 3.89. The monoisotopic (exact) mass is 355 g/mol. The lowest BCUT2D eigenvalue weighted by molar-refractivity contribution is -0.142. The molecule has 1 aromatic rings. The van der Waals surface area contributed by atoms with Crippen LogP contribution in [0.4, 0.5) is 0 Å². The Morgan fingerprint density at radius 1 is 1.05 bits per heavy atom. The third kappa shape index (κ3) is 2.66. The van der Waals surface area contributed by atoms with E-state index in [9.17, 15) is 24.3 Å². The van der Waals surface area contributed by atoms with Crippen LogP contribution in [-0.2, 0) is 9.59 Å². The van der Waals surface area contributed by atoms with Crippen LogP contribution in [0, 0.1) is 0 Å². The summed E-state index contributed by atoms with van der Waals surface area (Å²) in [6, 6.07) is 4.44. The second kappa shape index (κ2) is 5.65. The number of imide groups is 1. The van der Waals surface area contributed by atoms with Gasteiger partial charge in [-0.05, 0) is 12.1 Å². The molecule has 0 saturated carbocycles. The molecule has 0 fully saturated rings. The van der Waals surface area contributed by atoms with Crippen molar-refractivity contribution in [1.29, 1.82) is 0 Å². The number of halogens is 1. The van der Waals surface area contributed by atoms with Gasteiger partial charge in [0.2, 0.25) is 0 Å². The predicted octanol–water partition coefficient (Wildman–Crippen LogP) is 0.974. The average molecular weight is 356 g/mol. The topological polar surface area (TPSA) is 112 Å². The van der Waals surface area contributed by atoms with Crippen molar-refractivity contribution in [2.24, 2.45) is 0 Å². The summed E-state index contributed by atoms with van der Waals surface area (Å²) in [6.07, 6.45) is -0.421. The van der Waals surface area contributed by atoms with Gasteiger partial charge in [0.25, 0.3) is 11.8 Å². The third-order valence-electron chi connectivity index (χ3n) is 3.12. The van der Waals surface area contributed by atoms with Crippen LogP contribution in [0.5, 0.6) is 0 Å². The number of carbonyl (C=O) groups excluding carboxylic acids is 2. The highest BCUT2D eigenvalue weighted by molar-refractivity contribution is 9.10. The number of hydrogen-bond donors (Lipinski definition) is 2. The van der Waals surface area contributed by atoms with Gasteiger partial charge in [-0.2, -0.15) is 0 Å². The summed E-state index contributed by atoms with van der Waals surface area (Å²) in [5.41, 5.74) is 0.241. The number of nitrogens with zero attached hydrogens (tertiary/aromatic N) is 1. The molecular formula is C13H10BrNO6. The van der Waals surface area contributed by atoms with Crippen molar-refractivity contribution in [3.05, 3.63) is 35.4 Å². The van der Waals surface area contributed by atoms with Crippen molar-refractivity contribution in [3.8, 4) is 0 Å². The SMILES string of the molecule is O=C(O)C(Br)C[C@@H](C(=O)O)N1C(=O)c2ccccc2C1=O. The molecule has 1 aliphatic heterocycles. The van der Waals surface area contributed by atoms with Gasteiger partial charge in [-0.15, -0.1) is 0 Å². The Bertz CT molecular complexity index is 608. The summed E-state index contributed by atoms with van der Waals surface area (Å²) in [4.78, 5) is 45.9. The first-order chi connectivity index (χ1) is 9.84. The largest absolute Gasteiger partial charge is 0.480 e. The maximum absolute atomic E-state index is 12.2. The molecule has 1 heterocycles. The van der Waals surface area contributed by atoms with Crippen LogP contribution in [0.1, 0.15) is 27.1 Å². The van der Waals surface area contributed by atoms with Crippen molar-refractivity contribution >= 4 is 39.7 Å². The smallest absolute Gasteiger partial charge is 0.327 e. The quantitative estimate of drug-likeness (QED) is 0.601. The average Bonchev–Trinajstić information content (AvgIpc) is 2.68. The zero-order valence-corrected chi connectivity index (χ0v) is 12.1.